The Balaban J connectivity index is 1.94. The summed E-state index contributed by atoms with van der Waals surface area (Å²) in [7, 11) is 0. The van der Waals surface area contributed by atoms with Gasteiger partial charge in [-0.25, -0.2) is 9.69 Å². The van der Waals surface area contributed by atoms with Gasteiger partial charge in [-0.05, 0) is 23.5 Å². The summed E-state index contributed by atoms with van der Waals surface area (Å²) in [6.45, 7) is 5.47. The van der Waals surface area contributed by atoms with Crippen molar-refractivity contribution in [2.45, 2.75) is 33.6 Å². The summed E-state index contributed by atoms with van der Waals surface area (Å²) in [5, 5.41) is 9.32. The summed E-state index contributed by atoms with van der Waals surface area (Å²) in [5.74, 6) is 1.75. The molecule has 0 aromatic heterocycles. The molecule has 150 valence electrons. The van der Waals surface area contributed by atoms with Gasteiger partial charge < -0.3 is 9.64 Å². The van der Waals surface area contributed by atoms with Crippen molar-refractivity contribution in [1.82, 2.24) is 9.80 Å². The largest absolute Gasteiger partial charge is 0.443 e. The quantitative estimate of drug-likeness (QED) is 0.193. The van der Waals surface area contributed by atoms with Gasteiger partial charge in [0, 0.05) is 0 Å². The van der Waals surface area contributed by atoms with Crippen LogP contribution in [-0.4, -0.2) is 53.3 Å². The summed E-state index contributed by atoms with van der Waals surface area (Å²) in [4.78, 5) is 39.2. The molecule has 1 heterocycles. The Kier molecular flexibility index (Phi) is 7.15. The molecule has 3 amide bonds. The molecule has 0 unspecified atom stereocenters. The third-order valence-corrected chi connectivity index (χ3v) is 6.14. The molecule has 7 nitrogen and oxygen atoms in total. The van der Waals surface area contributed by atoms with Crippen LogP contribution in [0.1, 0.15) is 33.6 Å². The zero-order valence-corrected chi connectivity index (χ0v) is 17.3. The molecule has 2 atom stereocenters. The Bertz CT molecular complexity index is 762. The van der Waals surface area contributed by atoms with E-state index in [0.29, 0.717) is 4.91 Å². The lowest BCUT2D eigenvalue weighted by atomic mass is 10.1. The minimum atomic E-state index is -0.554. The molecule has 28 heavy (non-hydrogen) atoms. The minimum absolute atomic E-state index is 0.0319. The van der Waals surface area contributed by atoms with Crippen LogP contribution in [0.25, 0.3) is 0 Å². The molecule has 0 radical (unpaired) electrons. The monoisotopic (exact) mass is 403 g/mol. The van der Waals surface area contributed by atoms with E-state index < -0.39 is 30.6 Å². The highest BCUT2D eigenvalue weighted by Gasteiger charge is 2.61. The number of hydrogen-bond acceptors (Lipinski definition) is 6. The number of nitriles is 1. The summed E-state index contributed by atoms with van der Waals surface area (Å²) < 4.78 is 5.24. The fourth-order valence-electron chi connectivity index (χ4n) is 3.22. The number of hydrogen-bond donors (Lipinski definition) is 0. The second kappa shape index (κ2) is 9.16. The number of urea groups is 1. The van der Waals surface area contributed by atoms with E-state index in [4.69, 9.17) is 11.2 Å². The van der Waals surface area contributed by atoms with Crippen molar-refractivity contribution in [2.24, 2.45) is 17.3 Å². The number of amides is 3. The maximum Gasteiger partial charge on any atom is 0.330 e. The number of carbonyl (C=O) groups is 3. The number of allylic oxidation sites excluding steroid dienone is 2. The van der Waals surface area contributed by atoms with E-state index in [-0.39, 0.29) is 24.4 Å². The van der Waals surface area contributed by atoms with E-state index in [1.807, 2.05) is 19.9 Å². The average Bonchev–Trinajstić information content (AvgIpc) is 3.08. The van der Waals surface area contributed by atoms with Gasteiger partial charge in [-0.2, -0.15) is 5.26 Å². The van der Waals surface area contributed by atoms with Crippen molar-refractivity contribution in [3.63, 3.8) is 0 Å². The van der Waals surface area contributed by atoms with Crippen molar-refractivity contribution in [1.29, 1.82) is 5.26 Å². The molecular weight excluding hydrogens is 378 g/mol. The molecule has 8 heteroatoms. The molecule has 2 fully saturated rings. The molecule has 0 aromatic carbocycles. The third kappa shape index (κ3) is 4.69. The van der Waals surface area contributed by atoms with Crippen molar-refractivity contribution in [2.75, 3.05) is 25.6 Å². The van der Waals surface area contributed by atoms with Gasteiger partial charge in [0.15, 0.2) is 6.73 Å². The molecule has 1 saturated carbocycles. The summed E-state index contributed by atoms with van der Waals surface area (Å²) in [6, 6.07) is 1.63. The van der Waals surface area contributed by atoms with Gasteiger partial charge in [0.2, 0.25) is 0 Å². The lowest BCUT2D eigenvalue weighted by molar-refractivity contribution is -0.151. The lowest BCUT2D eigenvalue weighted by Gasteiger charge is -2.15. The second-order valence-corrected chi connectivity index (χ2v) is 8.56. The molecule has 0 aromatic rings. The van der Waals surface area contributed by atoms with Gasteiger partial charge in [0.1, 0.15) is 12.6 Å². The highest BCUT2D eigenvalue weighted by molar-refractivity contribution is 8.03. The zero-order chi connectivity index (χ0) is 20.9. The fraction of sp³-hybridized carbons (Fsp3) is 0.600. The first-order valence-electron chi connectivity index (χ1n) is 9.22. The van der Waals surface area contributed by atoms with Gasteiger partial charge in [0.25, 0.3) is 5.91 Å². The molecule has 1 aliphatic heterocycles. The van der Waals surface area contributed by atoms with Gasteiger partial charge in [-0.15, -0.1) is 18.2 Å². The number of rotatable bonds is 9. The summed E-state index contributed by atoms with van der Waals surface area (Å²) >= 11 is 1.50. The van der Waals surface area contributed by atoms with Crippen LogP contribution in [-0.2, 0) is 14.3 Å². The molecule has 2 rings (SSSR count). The van der Waals surface area contributed by atoms with Crippen molar-refractivity contribution >= 4 is 29.7 Å². The predicted octanol–water partition coefficient (Wildman–Crippen LogP) is 2.60. The number of carbonyl (C=O) groups excluding carboxylic acids is 3. The van der Waals surface area contributed by atoms with Crippen LogP contribution in [0.3, 0.4) is 0 Å². The third-order valence-electron chi connectivity index (χ3n) is 5.11. The predicted molar refractivity (Wildman–Crippen MR) is 105 cm³/mol. The van der Waals surface area contributed by atoms with Crippen LogP contribution in [0.2, 0.25) is 0 Å². The lowest BCUT2D eigenvalue weighted by Crippen LogP contribution is -2.36. The number of terminal acetylenes is 1. The number of esters is 1. The Labute approximate surface area is 170 Å². The maximum absolute atomic E-state index is 12.5. The zero-order valence-electron chi connectivity index (χ0n) is 16.4. The molecule has 0 spiro atoms. The van der Waals surface area contributed by atoms with Crippen molar-refractivity contribution < 1.29 is 19.1 Å². The number of unbranched alkanes of at least 4 members (excludes halogenated alkanes) is 1. The number of ether oxygens (including phenoxy) is 1. The van der Waals surface area contributed by atoms with Gasteiger partial charge in [-0.1, -0.05) is 39.2 Å². The Morgan fingerprint density at radius 2 is 2.18 bits per heavy atom. The van der Waals surface area contributed by atoms with Crippen molar-refractivity contribution in [3.05, 3.63) is 11.0 Å². The van der Waals surface area contributed by atoms with Crippen LogP contribution >= 0.6 is 11.8 Å². The molecule has 1 aliphatic carbocycles. The second-order valence-electron chi connectivity index (χ2n) is 7.43. The van der Waals surface area contributed by atoms with Crippen molar-refractivity contribution in [3.8, 4) is 18.4 Å². The van der Waals surface area contributed by atoms with Crippen LogP contribution in [0, 0.1) is 40.9 Å². The highest BCUT2D eigenvalue weighted by atomic mass is 32.2. The van der Waals surface area contributed by atoms with E-state index in [1.54, 1.807) is 0 Å². The molecule has 0 bridgehead atoms. The van der Waals surface area contributed by atoms with Crippen LogP contribution in [0.4, 0.5) is 4.79 Å². The fourth-order valence-corrected chi connectivity index (χ4v) is 4.18. The maximum atomic E-state index is 12.5. The Morgan fingerprint density at radius 3 is 2.79 bits per heavy atom. The molecule has 1 saturated heterocycles. The van der Waals surface area contributed by atoms with E-state index in [9.17, 15) is 19.6 Å². The molecule has 2 aliphatic rings. The van der Waals surface area contributed by atoms with E-state index in [0.717, 1.165) is 23.5 Å². The van der Waals surface area contributed by atoms with Crippen LogP contribution < -0.4 is 0 Å². The first-order chi connectivity index (χ1) is 13.3. The smallest absolute Gasteiger partial charge is 0.330 e. The number of thioether (sulfide) groups is 1. The molecular formula is C20H25N3O4S. The number of nitrogens with zero attached hydrogens (tertiary/aromatic N) is 3. The van der Waals surface area contributed by atoms with E-state index in [2.05, 4.69) is 18.9 Å². The van der Waals surface area contributed by atoms with E-state index in [1.165, 1.54) is 16.7 Å². The Hall–Kier alpha value is -2.45. The molecule has 0 N–H and O–H groups in total. The normalized spacial score (nSPS) is 23.4. The average molecular weight is 404 g/mol. The summed E-state index contributed by atoms with van der Waals surface area (Å²) in [5.41, 5.74) is -0.334. The van der Waals surface area contributed by atoms with E-state index >= 15 is 0 Å². The highest BCUT2D eigenvalue weighted by Crippen LogP contribution is 2.60. The summed E-state index contributed by atoms with van der Waals surface area (Å²) in [6.07, 6.45) is 9.10. The standard InChI is InChI=1S/C20H25N3O4S/c1-5-7-9-28-14(11-21)10-15-17(20(15,3)4)18(25)27-13-23-16(24)12-22(8-6-2)19(23)26/h2,10,15,17H,5,7-9,12-13H2,1,3-4H3/t15-,17+/m1/s1. The Morgan fingerprint density at radius 1 is 1.46 bits per heavy atom. The SMILES string of the molecule is C#CCN1CC(=O)N(COC(=O)[C@@H]2[C@@H](C=C(C#N)SCCCC)C2(C)C)C1=O. The van der Waals surface area contributed by atoms with Gasteiger partial charge >= 0.3 is 12.0 Å². The first-order valence-corrected chi connectivity index (χ1v) is 10.2. The van der Waals surface area contributed by atoms with Gasteiger partial charge in [0.05, 0.1) is 17.4 Å². The topological polar surface area (TPSA) is 90.7 Å². The van der Waals surface area contributed by atoms with Crippen LogP contribution in [0.5, 0.6) is 0 Å². The first kappa shape index (κ1) is 21.8. The minimum Gasteiger partial charge on any atom is -0.443 e. The van der Waals surface area contributed by atoms with Crippen LogP contribution in [0.15, 0.2) is 11.0 Å². The number of imide groups is 1. The van der Waals surface area contributed by atoms with Gasteiger partial charge in [-0.3, -0.25) is 9.59 Å².